The summed E-state index contributed by atoms with van der Waals surface area (Å²) < 4.78 is 0. The van der Waals surface area contributed by atoms with E-state index in [-0.39, 0.29) is 5.78 Å². The van der Waals surface area contributed by atoms with Crippen molar-refractivity contribution in [2.45, 2.75) is 20.3 Å². The predicted octanol–water partition coefficient (Wildman–Crippen LogP) is 2.86. The van der Waals surface area contributed by atoms with Crippen molar-refractivity contribution in [1.82, 2.24) is 0 Å². The fraction of sp³-hybridized carbons (Fsp3) is 0.500. The maximum atomic E-state index is 11.1. The monoisotopic (exact) mass is 228 g/mol. The van der Waals surface area contributed by atoms with E-state index in [1.165, 1.54) is 5.57 Å². The van der Waals surface area contributed by atoms with Gasteiger partial charge in [-0.25, -0.2) is 0 Å². The van der Waals surface area contributed by atoms with E-state index < -0.39 is 0 Å². The molecule has 0 aromatic rings. The number of rotatable bonds is 2. The summed E-state index contributed by atoms with van der Waals surface area (Å²) in [6, 6.07) is 0. The predicted molar refractivity (Wildman–Crippen MR) is 54.4 cm³/mol. The van der Waals surface area contributed by atoms with Crippen LogP contribution in [0.3, 0.4) is 0 Å². The van der Waals surface area contributed by atoms with Gasteiger partial charge in [0.25, 0.3) is 0 Å². The minimum atomic E-state index is 0.201. The summed E-state index contributed by atoms with van der Waals surface area (Å²) in [5.41, 5.74) is 2.33. The molecule has 1 rings (SSSR count). The molecule has 66 valence electrons. The quantitative estimate of drug-likeness (QED) is 0.665. The third-order valence-corrected chi connectivity index (χ3v) is 2.90. The van der Waals surface area contributed by atoms with Gasteiger partial charge < -0.3 is 0 Å². The Kier molecular flexibility index (Phi) is 3.27. The zero-order valence-corrected chi connectivity index (χ0v) is 9.02. The Labute approximate surface area is 81.7 Å². The Morgan fingerprint density at radius 1 is 1.67 bits per heavy atom. The Balaban J connectivity index is 2.83. The van der Waals surface area contributed by atoms with Crippen molar-refractivity contribution in [3.8, 4) is 0 Å². The number of alkyl halides is 1. The lowest BCUT2D eigenvalue weighted by Gasteiger charge is -2.18. The van der Waals surface area contributed by atoms with Gasteiger partial charge in [-0.2, -0.15) is 0 Å². The van der Waals surface area contributed by atoms with Gasteiger partial charge in [-0.15, -0.1) is 0 Å². The van der Waals surface area contributed by atoms with E-state index in [1.54, 1.807) is 6.92 Å². The standard InChI is InChI=1S/C10H13BrO/c1-7-5-9(6-11)3-4-10(7)8(2)12/h3-4,7H,5-6H2,1-2H3. The van der Waals surface area contributed by atoms with Crippen LogP contribution in [0.25, 0.3) is 0 Å². The van der Waals surface area contributed by atoms with Gasteiger partial charge in [-0.3, -0.25) is 4.79 Å². The topological polar surface area (TPSA) is 17.1 Å². The highest BCUT2D eigenvalue weighted by Crippen LogP contribution is 2.26. The van der Waals surface area contributed by atoms with Gasteiger partial charge in [0.15, 0.2) is 5.78 Å². The fourth-order valence-electron chi connectivity index (χ4n) is 1.51. The van der Waals surface area contributed by atoms with Gasteiger partial charge in [0, 0.05) is 5.33 Å². The first-order valence-corrected chi connectivity index (χ1v) is 5.23. The Morgan fingerprint density at radius 3 is 2.75 bits per heavy atom. The van der Waals surface area contributed by atoms with Crippen LogP contribution in [0.2, 0.25) is 0 Å². The highest BCUT2D eigenvalue weighted by molar-refractivity contribution is 9.09. The number of carbonyl (C=O) groups is 1. The number of Topliss-reactive ketones (excluding diaryl/α,β-unsaturated/α-hetero) is 1. The summed E-state index contributed by atoms with van der Waals surface area (Å²) in [5.74, 6) is 0.590. The molecule has 0 aromatic heterocycles. The van der Waals surface area contributed by atoms with Gasteiger partial charge >= 0.3 is 0 Å². The number of hydrogen-bond acceptors (Lipinski definition) is 1. The first-order chi connectivity index (χ1) is 5.65. The molecule has 0 aromatic carbocycles. The summed E-state index contributed by atoms with van der Waals surface area (Å²) in [5, 5.41) is 0.916. The minimum Gasteiger partial charge on any atom is -0.295 e. The van der Waals surface area contributed by atoms with Crippen molar-refractivity contribution in [3.63, 3.8) is 0 Å². The van der Waals surface area contributed by atoms with E-state index in [0.717, 1.165) is 17.3 Å². The Hall–Kier alpha value is -0.370. The summed E-state index contributed by atoms with van der Waals surface area (Å²) in [7, 11) is 0. The Bertz CT molecular complexity index is 251. The number of halogens is 1. The third-order valence-electron chi connectivity index (χ3n) is 2.18. The van der Waals surface area contributed by atoms with Crippen LogP contribution in [0.4, 0.5) is 0 Å². The molecule has 12 heavy (non-hydrogen) atoms. The van der Waals surface area contributed by atoms with Crippen molar-refractivity contribution >= 4 is 21.7 Å². The molecular weight excluding hydrogens is 216 g/mol. The third kappa shape index (κ3) is 2.07. The molecular formula is C10H13BrO. The van der Waals surface area contributed by atoms with Gasteiger partial charge in [-0.05, 0) is 24.8 Å². The first kappa shape index (κ1) is 9.72. The normalized spacial score (nSPS) is 23.1. The van der Waals surface area contributed by atoms with Crippen LogP contribution in [-0.2, 0) is 4.79 Å². The van der Waals surface area contributed by atoms with Crippen LogP contribution in [0.5, 0.6) is 0 Å². The second-order valence-corrected chi connectivity index (χ2v) is 3.80. The molecule has 0 saturated carbocycles. The molecule has 0 spiro atoms. The smallest absolute Gasteiger partial charge is 0.156 e. The number of hydrogen-bond donors (Lipinski definition) is 0. The summed E-state index contributed by atoms with van der Waals surface area (Å²) in [4.78, 5) is 11.1. The van der Waals surface area contributed by atoms with Gasteiger partial charge in [0.1, 0.15) is 0 Å². The lowest BCUT2D eigenvalue weighted by molar-refractivity contribution is -0.114. The van der Waals surface area contributed by atoms with Crippen molar-refractivity contribution in [1.29, 1.82) is 0 Å². The van der Waals surface area contributed by atoms with Crippen LogP contribution < -0.4 is 0 Å². The largest absolute Gasteiger partial charge is 0.295 e. The van der Waals surface area contributed by atoms with Gasteiger partial charge in [-0.1, -0.05) is 40.6 Å². The lowest BCUT2D eigenvalue weighted by atomic mass is 9.87. The lowest BCUT2D eigenvalue weighted by Crippen LogP contribution is -2.11. The first-order valence-electron chi connectivity index (χ1n) is 4.11. The minimum absolute atomic E-state index is 0.201. The SMILES string of the molecule is CC(=O)C1=CC=C(CBr)CC1C. The molecule has 1 nitrogen and oxygen atoms in total. The molecule has 0 amide bonds. The molecule has 1 unspecified atom stereocenters. The summed E-state index contributed by atoms with van der Waals surface area (Å²) in [6.45, 7) is 3.73. The van der Waals surface area contributed by atoms with Crippen molar-refractivity contribution < 1.29 is 4.79 Å². The van der Waals surface area contributed by atoms with Gasteiger partial charge in [0.05, 0.1) is 0 Å². The fourth-order valence-corrected chi connectivity index (χ4v) is 1.92. The van der Waals surface area contributed by atoms with Crippen LogP contribution in [-0.4, -0.2) is 11.1 Å². The molecule has 1 aliphatic carbocycles. The zero-order valence-electron chi connectivity index (χ0n) is 7.43. The molecule has 2 heteroatoms. The van der Waals surface area contributed by atoms with Crippen molar-refractivity contribution in [2.24, 2.45) is 5.92 Å². The van der Waals surface area contributed by atoms with Crippen LogP contribution >= 0.6 is 15.9 Å². The van der Waals surface area contributed by atoms with E-state index in [2.05, 4.69) is 22.9 Å². The van der Waals surface area contributed by atoms with E-state index >= 15 is 0 Å². The van der Waals surface area contributed by atoms with Crippen molar-refractivity contribution in [2.75, 3.05) is 5.33 Å². The van der Waals surface area contributed by atoms with Crippen LogP contribution in [0.1, 0.15) is 20.3 Å². The van der Waals surface area contributed by atoms with Crippen molar-refractivity contribution in [3.05, 3.63) is 23.3 Å². The maximum Gasteiger partial charge on any atom is 0.156 e. The molecule has 1 aliphatic rings. The van der Waals surface area contributed by atoms with Crippen LogP contribution in [0.15, 0.2) is 23.3 Å². The zero-order chi connectivity index (χ0) is 9.14. The summed E-state index contributed by atoms with van der Waals surface area (Å²) in [6.07, 6.45) is 5.01. The molecule has 0 heterocycles. The molecule has 0 saturated heterocycles. The second-order valence-electron chi connectivity index (χ2n) is 3.24. The molecule has 0 bridgehead atoms. The van der Waals surface area contributed by atoms with E-state index in [0.29, 0.717) is 5.92 Å². The highest BCUT2D eigenvalue weighted by Gasteiger charge is 2.17. The molecule has 0 aliphatic heterocycles. The number of carbonyl (C=O) groups excluding carboxylic acids is 1. The number of allylic oxidation sites excluding steroid dienone is 4. The van der Waals surface area contributed by atoms with E-state index in [1.807, 2.05) is 12.2 Å². The van der Waals surface area contributed by atoms with Crippen LogP contribution in [0, 0.1) is 5.92 Å². The average Bonchev–Trinajstić information content (AvgIpc) is 2.03. The highest BCUT2D eigenvalue weighted by atomic mass is 79.9. The van der Waals surface area contributed by atoms with E-state index in [9.17, 15) is 4.79 Å². The maximum absolute atomic E-state index is 11.1. The number of ketones is 1. The summed E-state index contributed by atoms with van der Waals surface area (Å²) >= 11 is 3.41. The Morgan fingerprint density at radius 2 is 2.33 bits per heavy atom. The average molecular weight is 229 g/mol. The molecule has 0 fully saturated rings. The molecule has 0 radical (unpaired) electrons. The molecule has 0 N–H and O–H groups in total. The van der Waals surface area contributed by atoms with E-state index in [4.69, 9.17) is 0 Å². The molecule has 1 atom stereocenters. The van der Waals surface area contributed by atoms with Gasteiger partial charge in [0.2, 0.25) is 0 Å². The second kappa shape index (κ2) is 4.04.